The summed E-state index contributed by atoms with van der Waals surface area (Å²) in [5.74, 6) is -1.60. The fourth-order valence-corrected chi connectivity index (χ4v) is 1.74. The Kier molecular flexibility index (Phi) is 4.76. The van der Waals surface area contributed by atoms with Gasteiger partial charge in [0.05, 0.1) is 17.1 Å². The SMILES string of the molecule is COCCNC(=O)c1ccc(S(N)(=O)=O)cc1F. The highest BCUT2D eigenvalue weighted by atomic mass is 32.2. The van der Waals surface area contributed by atoms with Crippen LogP contribution in [0.2, 0.25) is 0 Å². The monoisotopic (exact) mass is 276 g/mol. The molecule has 0 aliphatic carbocycles. The zero-order valence-corrected chi connectivity index (χ0v) is 10.5. The molecule has 6 nitrogen and oxygen atoms in total. The van der Waals surface area contributed by atoms with Gasteiger partial charge in [-0.25, -0.2) is 17.9 Å². The number of primary sulfonamides is 1. The average molecular weight is 276 g/mol. The van der Waals surface area contributed by atoms with Gasteiger partial charge in [0.15, 0.2) is 0 Å². The number of carbonyl (C=O) groups excluding carboxylic acids is 1. The summed E-state index contributed by atoms with van der Waals surface area (Å²) in [5, 5.41) is 7.25. The van der Waals surface area contributed by atoms with Gasteiger partial charge in [0.2, 0.25) is 10.0 Å². The maximum Gasteiger partial charge on any atom is 0.254 e. The Morgan fingerprint density at radius 3 is 2.67 bits per heavy atom. The van der Waals surface area contributed by atoms with Crippen LogP contribution < -0.4 is 10.5 Å². The lowest BCUT2D eigenvalue weighted by molar-refractivity contribution is 0.0933. The number of halogens is 1. The largest absolute Gasteiger partial charge is 0.383 e. The summed E-state index contributed by atoms with van der Waals surface area (Å²) in [6.07, 6.45) is 0. The summed E-state index contributed by atoms with van der Waals surface area (Å²) < 4.78 is 40.2. The van der Waals surface area contributed by atoms with Crippen molar-refractivity contribution < 1.29 is 22.3 Å². The van der Waals surface area contributed by atoms with E-state index in [1.807, 2.05) is 0 Å². The summed E-state index contributed by atoms with van der Waals surface area (Å²) in [5.41, 5.74) is -0.251. The van der Waals surface area contributed by atoms with Crippen LogP contribution in [0.25, 0.3) is 0 Å². The van der Waals surface area contributed by atoms with Crippen molar-refractivity contribution in [1.29, 1.82) is 0 Å². The van der Waals surface area contributed by atoms with Gasteiger partial charge in [0.1, 0.15) is 5.82 Å². The molecular weight excluding hydrogens is 263 g/mol. The minimum atomic E-state index is -3.98. The Labute approximate surface area is 104 Å². The predicted molar refractivity (Wildman–Crippen MR) is 62.0 cm³/mol. The first-order chi connectivity index (χ1) is 8.36. The number of ether oxygens (including phenoxy) is 1. The summed E-state index contributed by atoms with van der Waals surface area (Å²) >= 11 is 0. The van der Waals surface area contributed by atoms with Gasteiger partial charge in [0.25, 0.3) is 5.91 Å². The molecular formula is C10H13FN2O4S. The van der Waals surface area contributed by atoms with Crippen molar-refractivity contribution >= 4 is 15.9 Å². The number of benzene rings is 1. The van der Waals surface area contributed by atoms with Gasteiger partial charge in [-0.1, -0.05) is 0 Å². The molecule has 1 aromatic carbocycles. The van der Waals surface area contributed by atoms with Crippen molar-refractivity contribution in [3.05, 3.63) is 29.6 Å². The van der Waals surface area contributed by atoms with Crippen molar-refractivity contribution in [2.24, 2.45) is 5.14 Å². The molecule has 0 atom stereocenters. The molecule has 18 heavy (non-hydrogen) atoms. The highest BCUT2D eigenvalue weighted by Crippen LogP contribution is 2.13. The van der Waals surface area contributed by atoms with Gasteiger partial charge in [0, 0.05) is 13.7 Å². The number of hydrogen-bond donors (Lipinski definition) is 2. The third-order valence-electron chi connectivity index (χ3n) is 2.11. The molecule has 0 aliphatic heterocycles. The van der Waals surface area contributed by atoms with Crippen LogP contribution in [0.5, 0.6) is 0 Å². The summed E-state index contributed by atoms with van der Waals surface area (Å²) in [6.45, 7) is 0.522. The molecule has 0 spiro atoms. The van der Waals surface area contributed by atoms with Crippen LogP contribution in [0.4, 0.5) is 4.39 Å². The minimum absolute atomic E-state index is 0.228. The Morgan fingerprint density at radius 1 is 1.50 bits per heavy atom. The van der Waals surface area contributed by atoms with Crippen molar-refractivity contribution in [3.63, 3.8) is 0 Å². The Bertz CT molecular complexity index is 545. The second-order valence-corrected chi connectivity index (χ2v) is 5.00. The van der Waals surface area contributed by atoms with Gasteiger partial charge in [-0.3, -0.25) is 4.79 Å². The maximum atomic E-state index is 13.5. The van der Waals surface area contributed by atoms with E-state index < -0.39 is 21.7 Å². The smallest absolute Gasteiger partial charge is 0.254 e. The van der Waals surface area contributed by atoms with Crippen LogP contribution in [-0.4, -0.2) is 34.6 Å². The standard InChI is InChI=1S/C10H13FN2O4S/c1-17-5-4-13-10(14)8-3-2-7(6-9(8)11)18(12,15)16/h2-3,6H,4-5H2,1H3,(H,13,14)(H2,12,15,16). The van der Waals surface area contributed by atoms with E-state index in [2.05, 4.69) is 5.32 Å². The lowest BCUT2D eigenvalue weighted by Gasteiger charge is -2.06. The van der Waals surface area contributed by atoms with Crippen LogP contribution in [-0.2, 0) is 14.8 Å². The molecule has 0 radical (unpaired) electrons. The molecule has 0 unspecified atom stereocenters. The molecule has 0 saturated heterocycles. The quantitative estimate of drug-likeness (QED) is 0.731. The molecule has 8 heteroatoms. The highest BCUT2D eigenvalue weighted by molar-refractivity contribution is 7.89. The Balaban J connectivity index is 2.89. The first-order valence-electron chi connectivity index (χ1n) is 4.95. The first kappa shape index (κ1) is 14.6. The van der Waals surface area contributed by atoms with Crippen LogP contribution in [0.3, 0.4) is 0 Å². The van der Waals surface area contributed by atoms with Crippen LogP contribution in [0.1, 0.15) is 10.4 Å². The minimum Gasteiger partial charge on any atom is -0.383 e. The van der Waals surface area contributed by atoms with Crippen molar-refractivity contribution in [3.8, 4) is 0 Å². The molecule has 1 aromatic rings. The normalized spacial score (nSPS) is 11.3. The second kappa shape index (κ2) is 5.89. The number of methoxy groups -OCH3 is 1. The van der Waals surface area contributed by atoms with E-state index in [0.29, 0.717) is 12.7 Å². The Morgan fingerprint density at radius 2 is 2.17 bits per heavy atom. The molecule has 0 aliphatic rings. The van der Waals surface area contributed by atoms with Crippen LogP contribution in [0.15, 0.2) is 23.1 Å². The lowest BCUT2D eigenvalue weighted by atomic mass is 10.2. The van der Waals surface area contributed by atoms with Gasteiger partial charge in [-0.2, -0.15) is 0 Å². The van der Waals surface area contributed by atoms with Crippen molar-refractivity contribution in [1.82, 2.24) is 5.32 Å². The molecule has 0 fully saturated rings. The number of rotatable bonds is 5. The third-order valence-corrected chi connectivity index (χ3v) is 3.02. The summed E-state index contributed by atoms with van der Waals surface area (Å²) in [6, 6.07) is 2.85. The fourth-order valence-electron chi connectivity index (χ4n) is 1.22. The number of nitrogens with one attached hydrogen (secondary N) is 1. The first-order valence-corrected chi connectivity index (χ1v) is 6.50. The zero-order chi connectivity index (χ0) is 13.8. The van der Waals surface area contributed by atoms with E-state index in [9.17, 15) is 17.6 Å². The Hall–Kier alpha value is -1.51. The maximum absolute atomic E-state index is 13.5. The summed E-state index contributed by atoms with van der Waals surface area (Å²) in [4.78, 5) is 11.1. The summed E-state index contributed by atoms with van der Waals surface area (Å²) in [7, 11) is -2.51. The van der Waals surface area contributed by atoms with Crippen molar-refractivity contribution in [2.45, 2.75) is 4.90 Å². The molecule has 0 aromatic heterocycles. The van der Waals surface area contributed by atoms with Gasteiger partial charge in [-0.15, -0.1) is 0 Å². The average Bonchev–Trinajstić information content (AvgIpc) is 2.27. The van der Waals surface area contributed by atoms with Crippen LogP contribution in [0, 0.1) is 5.82 Å². The fraction of sp³-hybridized carbons (Fsp3) is 0.300. The van der Waals surface area contributed by atoms with E-state index in [4.69, 9.17) is 9.88 Å². The molecule has 0 bridgehead atoms. The third kappa shape index (κ3) is 3.76. The van der Waals surface area contributed by atoms with Gasteiger partial charge >= 0.3 is 0 Å². The number of hydrogen-bond acceptors (Lipinski definition) is 4. The van der Waals surface area contributed by atoms with E-state index in [1.165, 1.54) is 7.11 Å². The number of nitrogens with two attached hydrogens (primary N) is 1. The van der Waals surface area contributed by atoms with Crippen molar-refractivity contribution in [2.75, 3.05) is 20.3 Å². The molecule has 0 saturated carbocycles. The topological polar surface area (TPSA) is 98.5 Å². The number of carbonyl (C=O) groups is 1. The van der Waals surface area contributed by atoms with Gasteiger partial charge in [-0.05, 0) is 18.2 Å². The second-order valence-electron chi connectivity index (χ2n) is 3.44. The van der Waals surface area contributed by atoms with E-state index in [0.717, 1.165) is 12.1 Å². The molecule has 1 amide bonds. The predicted octanol–water partition coefficient (Wildman–Crippen LogP) is -0.151. The lowest BCUT2D eigenvalue weighted by Crippen LogP contribution is -2.27. The molecule has 0 heterocycles. The zero-order valence-electron chi connectivity index (χ0n) is 9.64. The molecule has 100 valence electrons. The van der Waals surface area contributed by atoms with E-state index >= 15 is 0 Å². The van der Waals surface area contributed by atoms with Crippen LogP contribution >= 0.6 is 0 Å². The highest BCUT2D eigenvalue weighted by Gasteiger charge is 2.15. The number of amides is 1. The number of sulfonamides is 1. The van der Waals surface area contributed by atoms with Gasteiger partial charge < -0.3 is 10.1 Å². The van der Waals surface area contributed by atoms with E-state index in [-0.39, 0.29) is 17.0 Å². The van der Waals surface area contributed by atoms with E-state index in [1.54, 1.807) is 0 Å². The molecule has 1 rings (SSSR count). The molecule has 3 N–H and O–H groups in total.